The Bertz CT molecular complexity index is 866. The number of hydrogen-bond donors (Lipinski definition) is 2. The number of carbonyl (C=O) groups is 2. The fourth-order valence-electron chi connectivity index (χ4n) is 2.63. The first-order valence-electron chi connectivity index (χ1n) is 8.53. The number of amides is 2. The van der Waals surface area contributed by atoms with Gasteiger partial charge in [0.05, 0.1) is 23.8 Å². The van der Waals surface area contributed by atoms with Gasteiger partial charge in [-0.3, -0.25) is 9.48 Å². The van der Waals surface area contributed by atoms with Crippen LogP contribution in [-0.4, -0.2) is 55.3 Å². The second-order valence-corrected chi connectivity index (χ2v) is 7.47. The summed E-state index contributed by atoms with van der Waals surface area (Å²) in [4.78, 5) is 34.1. The largest absolute Gasteiger partial charge is 0.444 e. The van der Waals surface area contributed by atoms with E-state index in [0.717, 1.165) is 0 Å². The van der Waals surface area contributed by atoms with Crippen LogP contribution < -0.4 is 11.1 Å². The molecule has 2 aromatic heterocycles. The molecule has 1 aliphatic rings. The van der Waals surface area contributed by atoms with Crippen LogP contribution in [0.2, 0.25) is 0 Å². The summed E-state index contributed by atoms with van der Waals surface area (Å²) in [6, 6.07) is 0. The van der Waals surface area contributed by atoms with E-state index in [0.29, 0.717) is 24.5 Å². The van der Waals surface area contributed by atoms with Crippen molar-refractivity contribution >= 4 is 23.5 Å². The van der Waals surface area contributed by atoms with E-state index in [4.69, 9.17) is 10.5 Å². The maximum atomic E-state index is 12.0. The molecule has 0 atom stereocenters. The Balaban J connectivity index is 1.70. The number of ether oxygens (including phenoxy) is 1. The molecule has 0 aromatic carbocycles. The molecular formula is C17H23N7O3. The molecule has 0 radical (unpaired) electrons. The third kappa shape index (κ3) is 4.33. The quantitative estimate of drug-likeness (QED) is 0.828. The highest BCUT2D eigenvalue weighted by Gasteiger charge is 2.36. The lowest BCUT2D eigenvalue weighted by Gasteiger charge is -2.39. The zero-order chi connectivity index (χ0) is 19.8. The predicted octanol–water partition coefficient (Wildman–Crippen LogP) is 1.39. The molecule has 1 fully saturated rings. The van der Waals surface area contributed by atoms with Crippen LogP contribution in [0.3, 0.4) is 0 Å². The Kier molecular flexibility index (Phi) is 4.73. The van der Waals surface area contributed by atoms with E-state index in [2.05, 4.69) is 20.4 Å². The number of carbonyl (C=O) groups excluding carboxylic acids is 2. The molecule has 0 bridgehead atoms. The Hall–Kier alpha value is -3.17. The zero-order valence-electron chi connectivity index (χ0n) is 15.8. The van der Waals surface area contributed by atoms with Crippen molar-refractivity contribution in [2.24, 2.45) is 12.8 Å². The smallest absolute Gasteiger partial charge is 0.410 e. The number of nitrogens with two attached hydrogens (primary N) is 1. The van der Waals surface area contributed by atoms with Crippen molar-refractivity contribution in [2.75, 3.05) is 18.4 Å². The van der Waals surface area contributed by atoms with Gasteiger partial charge in [0.2, 0.25) is 0 Å². The van der Waals surface area contributed by atoms with E-state index in [9.17, 15) is 9.59 Å². The number of anilines is 2. The highest BCUT2D eigenvalue weighted by molar-refractivity contribution is 5.96. The van der Waals surface area contributed by atoms with Crippen LogP contribution in [0.25, 0.3) is 0 Å². The summed E-state index contributed by atoms with van der Waals surface area (Å²) >= 11 is 0. The summed E-state index contributed by atoms with van der Waals surface area (Å²) in [7, 11) is 1.78. The van der Waals surface area contributed by atoms with E-state index in [-0.39, 0.29) is 23.5 Å². The summed E-state index contributed by atoms with van der Waals surface area (Å²) in [5, 5.41) is 7.03. The SMILES string of the molecule is Cn1cc(Nc2ncc(C3CN(C(=O)OC(C)(C)C)C3)nc2C(N)=O)cn1. The molecule has 0 aliphatic carbocycles. The minimum Gasteiger partial charge on any atom is -0.444 e. The van der Waals surface area contributed by atoms with Crippen molar-refractivity contribution in [1.82, 2.24) is 24.6 Å². The first kappa shape index (κ1) is 18.6. The molecule has 0 spiro atoms. The molecular weight excluding hydrogens is 350 g/mol. The van der Waals surface area contributed by atoms with Gasteiger partial charge in [-0.2, -0.15) is 5.10 Å². The van der Waals surface area contributed by atoms with Gasteiger partial charge >= 0.3 is 6.09 Å². The summed E-state index contributed by atoms with van der Waals surface area (Å²) in [5.74, 6) is -0.433. The molecule has 0 unspecified atom stereocenters. The number of aryl methyl sites for hydroxylation is 1. The van der Waals surface area contributed by atoms with Crippen molar-refractivity contribution < 1.29 is 14.3 Å². The second kappa shape index (κ2) is 6.86. The van der Waals surface area contributed by atoms with Crippen LogP contribution >= 0.6 is 0 Å². The Morgan fingerprint density at radius 3 is 2.56 bits per heavy atom. The number of nitrogens with one attached hydrogen (secondary N) is 1. The van der Waals surface area contributed by atoms with Crippen LogP contribution in [0.5, 0.6) is 0 Å². The standard InChI is InChI=1S/C17H23N7O3/c1-17(2,3)27-16(26)24-7-10(8-24)12-6-19-15(13(22-12)14(18)25)21-11-5-20-23(4)9-11/h5-6,9-10H,7-8H2,1-4H3,(H2,18,25)(H,19,21). The van der Waals surface area contributed by atoms with Crippen molar-refractivity contribution in [2.45, 2.75) is 32.3 Å². The van der Waals surface area contributed by atoms with Crippen LogP contribution in [0.4, 0.5) is 16.3 Å². The minimum absolute atomic E-state index is 0.0180. The van der Waals surface area contributed by atoms with Crippen molar-refractivity contribution in [3.8, 4) is 0 Å². The van der Waals surface area contributed by atoms with E-state index in [1.807, 2.05) is 20.8 Å². The highest BCUT2D eigenvalue weighted by Crippen LogP contribution is 2.28. The van der Waals surface area contributed by atoms with Gasteiger partial charge in [0.15, 0.2) is 11.5 Å². The van der Waals surface area contributed by atoms with Gasteiger partial charge < -0.3 is 20.7 Å². The molecule has 10 nitrogen and oxygen atoms in total. The zero-order valence-corrected chi connectivity index (χ0v) is 15.8. The van der Waals surface area contributed by atoms with Crippen LogP contribution in [-0.2, 0) is 11.8 Å². The van der Waals surface area contributed by atoms with Gasteiger partial charge in [-0.05, 0) is 20.8 Å². The topological polar surface area (TPSA) is 128 Å². The predicted molar refractivity (Wildman–Crippen MR) is 97.6 cm³/mol. The normalized spacial score (nSPS) is 14.6. The molecule has 144 valence electrons. The number of rotatable bonds is 4. The molecule has 1 aliphatic heterocycles. The average molecular weight is 373 g/mol. The van der Waals surface area contributed by atoms with Crippen molar-refractivity contribution in [3.05, 3.63) is 30.0 Å². The third-order valence-corrected chi connectivity index (χ3v) is 3.94. The first-order chi connectivity index (χ1) is 12.6. The molecule has 3 rings (SSSR count). The number of primary amides is 1. The summed E-state index contributed by atoms with van der Waals surface area (Å²) in [6.45, 7) is 6.37. The van der Waals surface area contributed by atoms with Gasteiger partial charge in [-0.15, -0.1) is 0 Å². The number of nitrogens with zero attached hydrogens (tertiary/aromatic N) is 5. The minimum atomic E-state index is -0.681. The molecule has 2 aromatic rings. The molecule has 3 heterocycles. The Morgan fingerprint density at radius 1 is 1.30 bits per heavy atom. The molecule has 10 heteroatoms. The number of hydrogen-bond acceptors (Lipinski definition) is 7. The van der Waals surface area contributed by atoms with E-state index >= 15 is 0 Å². The average Bonchev–Trinajstić information content (AvgIpc) is 2.90. The second-order valence-electron chi connectivity index (χ2n) is 7.47. The summed E-state index contributed by atoms with van der Waals surface area (Å²) in [6.07, 6.45) is 4.56. The first-order valence-corrected chi connectivity index (χ1v) is 8.53. The lowest BCUT2D eigenvalue weighted by atomic mass is 9.97. The van der Waals surface area contributed by atoms with Gasteiger partial charge in [0, 0.05) is 32.3 Å². The van der Waals surface area contributed by atoms with Gasteiger partial charge in [0.1, 0.15) is 5.60 Å². The number of aromatic nitrogens is 4. The maximum Gasteiger partial charge on any atom is 0.410 e. The molecule has 1 saturated heterocycles. The molecule has 2 amide bonds. The molecule has 27 heavy (non-hydrogen) atoms. The lowest BCUT2D eigenvalue weighted by molar-refractivity contribution is 0.00781. The van der Waals surface area contributed by atoms with Crippen LogP contribution in [0.15, 0.2) is 18.6 Å². The van der Waals surface area contributed by atoms with Gasteiger partial charge in [-0.1, -0.05) is 0 Å². The fraction of sp³-hybridized carbons (Fsp3) is 0.471. The number of likely N-dealkylation sites (tertiary alicyclic amines) is 1. The highest BCUT2D eigenvalue weighted by atomic mass is 16.6. The van der Waals surface area contributed by atoms with E-state index in [1.165, 1.54) is 0 Å². The Labute approximate surface area is 156 Å². The molecule has 3 N–H and O–H groups in total. The van der Waals surface area contributed by atoms with Crippen LogP contribution in [0, 0.1) is 0 Å². The fourth-order valence-corrected chi connectivity index (χ4v) is 2.63. The van der Waals surface area contributed by atoms with E-state index in [1.54, 1.807) is 35.2 Å². The lowest BCUT2D eigenvalue weighted by Crippen LogP contribution is -2.50. The maximum absolute atomic E-state index is 12.0. The van der Waals surface area contributed by atoms with Crippen LogP contribution in [0.1, 0.15) is 42.9 Å². The van der Waals surface area contributed by atoms with Crippen molar-refractivity contribution in [3.63, 3.8) is 0 Å². The third-order valence-electron chi connectivity index (χ3n) is 3.94. The summed E-state index contributed by atoms with van der Waals surface area (Å²) in [5.41, 5.74) is 6.25. The monoisotopic (exact) mass is 373 g/mol. The Morgan fingerprint density at radius 2 is 2.00 bits per heavy atom. The summed E-state index contributed by atoms with van der Waals surface area (Å²) < 4.78 is 6.95. The van der Waals surface area contributed by atoms with Crippen molar-refractivity contribution in [1.29, 1.82) is 0 Å². The van der Waals surface area contributed by atoms with Gasteiger partial charge in [-0.25, -0.2) is 14.8 Å². The van der Waals surface area contributed by atoms with Gasteiger partial charge in [0.25, 0.3) is 5.91 Å². The van der Waals surface area contributed by atoms with E-state index < -0.39 is 11.5 Å². The molecule has 0 saturated carbocycles.